The van der Waals surface area contributed by atoms with Crippen molar-refractivity contribution < 1.29 is 23.5 Å². The molecule has 31 heavy (non-hydrogen) atoms. The Labute approximate surface area is 179 Å². The number of imide groups is 2. The van der Waals surface area contributed by atoms with Gasteiger partial charge in [-0.3, -0.25) is 14.9 Å². The van der Waals surface area contributed by atoms with E-state index in [1.807, 2.05) is 13.0 Å². The minimum Gasteiger partial charge on any atom is -0.494 e. The van der Waals surface area contributed by atoms with Gasteiger partial charge in [-0.2, -0.15) is 0 Å². The number of anilines is 2. The van der Waals surface area contributed by atoms with E-state index in [0.29, 0.717) is 29.7 Å². The Hall–Kier alpha value is -3.59. The lowest BCUT2D eigenvalue weighted by atomic mass is 10.1. The largest absolute Gasteiger partial charge is 0.494 e. The number of ether oxygens (including phenoxy) is 1. The lowest BCUT2D eigenvalue weighted by molar-refractivity contribution is -0.122. The summed E-state index contributed by atoms with van der Waals surface area (Å²) in [4.78, 5) is 43.0. The topological polar surface area (TPSA) is 95.3 Å². The average molecular weight is 424 g/mol. The van der Waals surface area contributed by atoms with Gasteiger partial charge in [-0.1, -0.05) is 0 Å². The molecule has 2 aliphatic heterocycles. The van der Waals surface area contributed by atoms with E-state index in [2.05, 4.69) is 22.2 Å². The van der Waals surface area contributed by atoms with Crippen molar-refractivity contribution in [2.75, 3.05) is 49.6 Å². The van der Waals surface area contributed by atoms with E-state index in [-0.39, 0.29) is 5.57 Å². The summed E-state index contributed by atoms with van der Waals surface area (Å²) < 4.78 is 11.2. The number of amides is 4. The lowest BCUT2D eigenvalue weighted by Crippen LogP contribution is -2.54. The molecule has 9 nitrogen and oxygen atoms in total. The Kier molecular flexibility index (Phi) is 5.77. The molecule has 0 bridgehead atoms. The predicted octanol–water partition coefficient (Wildman–Crippen LogP) is 2.10. The van der Waals surface area contributed by atoms with Gasteiger partial charge in [0.2, 0.25) is 0 Å². The minimum atomic E-state index is -0.797. The van der Waals surface area contributed by atoms with Crippen LogP contribution in [0.5, 0.6) is 5.75 Å². The highest BCUT2D eigenvalue weighted by atomic mass is 16.5. The number of rotatable bonds is 5. The molecule has 0 aliphatic carbocycles. The van der Waals surface area contributed by atoms with Crippen molar-refractivity contribution in [3.05, 3.63) is 47.7 Å². The number of urea groups is 1. The van der Waals surface area contributed by atoms with E-state index < -0.39 is 17.8 Å². The zero-order valence-electron chi connectivity index (χ0n) is 17.5. The van der Waals surface area contributed by atoms with Gasteiger partial charge in [0.1, 0.15) is 17.1 Å². The van der Waals surface area contributed by atoms with Crippen molar-refractivity contribution in [1.82, 2.24) is 10.2 Å². The Morgan fingerprint density at radius 1 is 1.03 bits per heavy atom. The normalized spacial score (nSPS) is 19.2. The first-order chi connectivity index (χ1) is 15.0. The molecule has 1 N–H and O–H groups in total. The van der Waals surface area contributed by atoms with Crippen LogP contribution < -0.4 is 19.9 Å². The van der Waals surface area contributed by atoms with Crippen LogP contribution in [0.4, 0.5) is 16.4 Å². The molecule has 0 unspecified atom stereocenters. The van der Waals surface area contributed by atoms with Gasteiger partial charge in [-0.15, -0.1) is 0 Å². The second-order valence-corrected chi connectivity index (χ2v) is 7.35. The monoisotopic (exact) mass is 424 g/mol. The highest BCUT2D eigenvalue weighted by Gasteiger charge is 2.37. The fourth-order valence-corrected chi connectivity index (χ4v) is 3.51. The number of furan rings is 1. The van der Waals surface area contributed by atoms with Crippen LogP contribution in [0, 0.1) is 0 Å². The van der Waals surface area contributed by atoms with Crippen LogP contribution in [-0.2, 0) is 9.59 Å². The number of hydrogen-bond acceptors (Lipinski definition) is 7. The number of nitrogens with one attached hydrogen (secondary N) is 1. The summed E-state index contributed by atoms with van der Waals surface area (Å²) in [7, 11) is 2.07. The van der Waals surface area contributed by atoms with Crippen LogP contribution in [0.15, 0.2) is 46.4 Å². The Morgan fingerprint density at radius 3 is 2.42 bits per heavy atom. The van der Waals surface area contributed by atoms with Crippen LogP contribution in [0.2, 0.25) is 0 Å². The summed E-state index contributed by atoms with van der Waals surface area (Å²) in [5.41, 5.74) is 0.162. The maximum atomic E-state index is 13.0. The van der Waals surface area contributed by atoms with Gasteiger partial charge in [0.15, 0.2) is 5.88 Å². The Balaban J connectivity index is 1.56. The minimum absolute atomic E-state index is 0.173. The van der Waals surface area contributed by atoms with Gasteiger partial charge < -0.3 is 19.0 Å². The van der Waals surface area contributed by atoms with Crippen molar-refractivity contribution in [3.8, 4) is 5.75 Å². The predicted molar refractivity (Wildman–Crippen MR) is 115 cm³/mol. The van der Waals surface area contributed by atoms with Gasteiger partial charge in [-0.05, 0) is 50.4 Å². The number of barbiturate groups is 1. The molecular formula is C22H24N4O5. The standard InChI is InChI=1S/C22H24N4O5/c1-3-30-16-6-4-15(5-7-16)26-21(28)18(20(27)23-22(26)29)14-17-8-9-19(31-17)25-12-10-24(2)11-13-25/h4-9,14H,3,10-13H2,1-2H3,(H,23,27,29)/b18-14-. The number of hydrogen-bond donors (Lipinski definition) is 1. The molecule has 2 aromatic rings. The first-order valence-electron chi connectivity index (χ1n) is 10.1. The summed E-state index contributed by atoms with van der Waals surface area (Å²) in [5.74, 6) is 0.205. The van der Waals surface area contributed by atoms with Crippen LogP contribution >= 0.6 is 0 Å². The Morgan fingerprint density at radius 2 is 1.74 bits per heavy atom. The number of likely N-dealkylation sites (N-methyl/N-ethyl adjacent to an activating group) is 1. The average Bonchev–Trinajstić information content (AvgIpc) is 3.22. The summed E-state index contributed by atoms with van der Waals surface area (Å²) in [6.45, 7) is 5.89. The third-order valence-corrected chi connectivity index (χ3v) is 5.22. The van der Waals surface area contributed by atoms with Crippen LogP contribution in [0.25, 0.3) is 6.08 Å². The molecule has 3 heterocycles. The molecule has 2 saturated heterocycles. The highest BCUT2D eigenvalue weighted by molar-refractivity contribution is 6.39. The zero-order chi connectivity index (χ0) is 22.0. The molecule has 2 aliphatic rings. The van der Waals surface area contributed by atoms with E-state index >= 15 is 0 Å². The van der Waals surface area contributed by atoms with E-state index in [1.54, 1.807) is 30.3 Å². The molecule has 0 spiro atoms. The number of piperazine rings is 1. The van der Waals surface area contributed by atoms with Gasteiger partial charge >= 0.3 is 6.03 Å². The molecule has 162 valence electrons. The fraction of sp³-hybridized carbons (Fsp3) is 0.318. The molecule has 4 amide bonds. The molecule has 1 aromatic heterocycles. The maximum absolute atomic E-state index is 13.0. The number of nitrogens with zero attached hydrogens (tertiary/aromatic N) is 3. The van der Waals surface area contributed by atoms with Crippen LogP contribution in [-0.4, -0.2) is 62.6 Å². The smallest absolute Gasteiger partial charge is 0.335 e. The first kappa shape index (κ1) is 20.7. The van der Waals surface area contributed by atoms with Gasteiger partial charge in [-0.25, -0.2) is 9.69 Å². The summed E-state index contributed by atoms with van der Waals surface area (Å²) >= 11 is 0. The fourth-order valence-electron chi connectivity index (χ4n) is 3.51. The Bertz CT molecular complexity index is 1020. The third-order valence-electron chi connectivity index (χ3n) is 5.22. The van der Waals surface area contributed by atoms with Crippen molar-refractivity contribution in [2.24, 2.45) is 0 Å². The molecule has 0 atom stereocenters. The molecule has 0 saturated carbocycles. The third kappa shape index (κ3) is 4.31. The second-order valence-electron chi connectivity index (χ2n) is 7.35. The summed E-state index contributed by atoms with van der Waals surface area (Å²) in [6, 6.07) is 9.23. The van der Waals surface area contributed by atoms with Crippen LogP contribution in [0.1, 0.15) is 12.7 Å². The maximum Gasteiger partial charge on any atom is 0.335 e. The molecule has 9 heteroatoms. The number of carbonyl (C=O) groups excluding carboxylic acids is 3. The van der Waals surface area contributed by atoms with E-state index in [1.165, 1.54) is 6.08 Å². The van der Waals surface area contributed by atoms with Crippen molar-refractivity contribution in [1.29, 1.82) is 0 Å². The van der Waals surface area contributed by atoms with E-state index in [0.717, 1.165) is 31.1 Å². The number of benzene rings is 1. The van der Waals surface area contributed by atoms with Crippen LogP contribution in [0.3, 0.4) is 0 Å². The SMILES string of the molecule is CCOc1ccc(N2C(=O)NC(=O)/C(=C/c3ccc(N4CCN(C)CC4)o3)C2=O)cc1. The lowest BCUT2D eigenvalue weighted by Gasteiger charge is -2.32. The quantitative estimate of drug-likeness (QED) is 0.580. The van der Waals surface area contributed by atoms with E-state index in [9.17, 15) is 14.4 Å². The second kappa shape index (κ2) is 8.65. The van der Waals surface area contributed by atoms with E-state index in [4.69, 9.17) is 9.15 Å². The molecule has 1 aromatic carbocycles. The number of carbonyl (C=O) groups is 3. The van der Waals surface area contributed by atoms with Gasteiger partial charge in [0, 0.05) is 32.2 Å². The highest BCUT2D eigenvalue weighted by Crippen LogP contribution is 2.26. The zero-order valence-corrected chi connectivity index (χ0v) is 17.5. The van der Waals surface area contributed by atoms with Crippen molar-refractivity contribution in [3.63, 3.8) is 0 Å². The van der Waals surface area contributed by atoms with Crippen molar-refractivity contribution >= 4 is 35.5 Å². The molecule has 2 fully saturated rings. The van der Waals surface area contributed by atoms with Gasteiger partial charge in [0.05, 0.1) is 12.3 Å². The van der Waals surface area contributed by atoms with Crippen molar-refractivity contribution in [2.45, 2.75) is 6.92 Å². The van der Waals surface area contributed by atoms with Gasteiger partial charge in [0.25, 0.3) is 11.8 Å². The summed E-state index contributed by atoms with van der Waals surface area (Å²) in [6.07, 6.45) is 1.37. The first-order valence-corrected chi connectivity index (χ1v) is 10.1. The summed E-state index contributed by atoms with van der Waals surface area (Å²) in [5, 5.41) is 2.21. The molecule has 0 radical (unpaired) electrons. The molecular weight excluding hydrogens is 400 g/mol. The molecule has 4 rings (SSSR count).